The highest BCUT2D eigenvalue weighted by Crippen LogP contribution is 2.36. The van der Waals surface area contributed by atoms with Gasteiger partial charge in [-0.15, -0.1) is 0 Å². The van der Waals surface area contributed by atoms with Crippen molar-refractivity contribution in [3.63, 3.8) is 0 Å². The molecule has 0 radical (unpaired) electrons. The first-order chi connectivity index (χ1) is 10.2. The molecule has 0 bridgehead atoms. The van der Waals surface area contributed by atoms with Crippen LogP contribution in [0.25, 0.3) is 0 Å². The van der Waals surface area contributed by atoms with Crippen molar-refractivity contribution >= 4 is 0 Å². The summed E-state index contributed by atoms with van der Waals surface area (Å²) in [7, 11) is 0. The Bertz CT molecular complexity index is 239. The second kappa shape index (κ2) is 11.4. The van der Waals surface area contributed by atoms with Crippen LogP contribution in [-0.4, -0.2) is 37.5 Å². The highest BCUT2D eigenvalue weighted by molar-refractivity contribution is 4.82. The molecule has 0 amide bonds. The normalized spacial score (nSPS) is 19.0. The van der Waals surface area contributed by atoms with Crippen molar-refractivity contribution in [2.45, 2.75) is 84.2 Å². The third-order valence-corrected chi connectivity index (χ3v) is 4.69. The second-order valence-electron chi connectivity index (χ2n) is 7.15. The Kier molecular flexibility index (Phi) is 10.3. The van der Waals surface area contributed by atoms with Crippen molar-refractivity contribution in [2.24, 2.45) is 5.41 Å². The quantitative estimate of drug-likeness (QED) is 0.507. The van der Waals surface area contributed by atoms with Gasteiger partial charge in [-0.1, -0.05) is 58.8 Å². The minimum Gasteiger partial charge on any atom is -0.389 e. The van der Waals surface area contributed by atoms with Crippen LogP contribution in [0, 0.1) is 5.41 Å². The van der Waals surface area contributed by atoms with E-state index in [0.29, 0.717) is 18.6 Å². The van der Waals surface area contributed by atoms with Crippen LogP contribution < -0.4 is 5.32 Å². The summed E-state index contributed by atoms with van der Waals surface area (Å²) in [5.41, 5.74) is 0.457. The van der Waals surface area contributed by atoms with Gasteiger partial charge >= 0.3 is 0 Å². The van der Waals surface area contributed by atoms with E-state index in [1.54, 1.807) is 0 Å². The van der Waals surface area contributed by atoms with Crippen molar-refractivity contribution in [1.29, 1.82) is 0 Å². The molecular formula is C18H37NO2. The fourth-order valence-electron chi connectivity index (χ4n) is 3.21. The van der Waals surface area contributed by atoms with Crippen LogP contribution in [0.2, 0.25) is 0 Å². The van der Waals surface area contributed by atoms with E-state index in [9.17, 15) is 5.11 Å². The predicted molar refractivity (Wildman–Crippen MR) is 89.6 cm³/mol. The van der Waals surface area contributed by atoms with Crippen molar-refractivity contribution in [3.8, 4) is 0 Å². The topological polar surface area (TPSA) is 41.5 Å². The van der Waals surface area contributed by atoms with E-state index in [1.807, 2.05) is 0 Å². The fourth-order valence-corrected chi connectivity index (χ4v) is 3.21. The molecule has 0 aromatic carbocycles. The number of aliphatic hydroxyl groups is 1. The summed E-state index contributed by atoms with van der Waals surface area (Å²) >= 11 is 0. The van der Waals surface area contributed by atoms with Gasteiger partial charge in [-0.05, 0) is 24.7 Å². The average molecular weight is 299 g/mol. The van der Waals surface area contributed by atoms with E-state index in [1.165, 1.54) is 57.8 Å². The highest BCUT2D eigenvalue weighted by Gasteiger charge is 2.27. The maximum atomic E-state index is 9.89. The molecule has 3 nitrogen and oxygen atoms in total. The number of ether oxygens (including phenoxy) is 1. The van der Waals surface area contributed by atoms with Gasteiger partial charge in [-0.25, -0.2) is 0 Å². The SMILES string of the molecule is CCCCCCCCOCC(O)CNCC1(C)CCCC1. The number of aliphatic hydroxyl groups excluding tert-OH is 1. The first-order valence-corrected chi connectivity index (χ1v) is 9.13. The number of rotatable bonds is 13. The lowest BCUT2D eigenvalue weighted by atomic mass is 9.89. The Labute approximate surface area is 131 Å². The lowest BCUT2D eigenvalue weighted by molar-refractivity contribution is 0.0342. The zero-order valence-corrected chi connectivity index (χ0v) is 14.3. The zero-order chi connectivity index (χ0) is 15.4. The Morgan fingerprint density at radius 2 is 1.76 bits per heavy atom. The van der Waals surface area contributed by atoms with Gasteiger partial charge in [0.05, 0.1) is 12.7 Å². The monoisotopic (exact) mass is 299 g/mol. The standard InChI is InChI=1S/C18H37NO2/c1-3-4-5-6-7-10-13-21-15-17(20)14-19-16-18(2)11-8-9-12-18/h17,19-20H,3-16H2,1-2H3. The molecule has 21 heavy (non-hydrogen) atoms. The third kappa shape index (κ3) is 9.49. The van der Waals surface area contributed by atoms with Gasteiger partial charge in [0.25, 0.3) is 0 Å². The molecule has 2 N–H and O–H groups in total. The average Bonchev–Trinajstić information content (AvgIpc) is 2.89. The second-order valence-corrected chi connectivity index (χ2v) is 7.15. The number of hydrogen-bond donors (Lipinski definition) is 2. The van der Waals surface area contributed by atoms with Crippen LogP contribution in [0.15, 0.2) is 0 Å². The van der Waals surface area contributed by atoms with Gasteiger partial charge in [-0.2, -0.15) is 0 Å². The van der Waals surface area contributed by atoms with Crippen LogP contribution >= 0.6 is 0 Å². The van der Waals surface area contributed by atoms with E-state index in [4.69, 9.17) is 4.74 Å². The lowest BCUT2D eigenvalue weighted by Crippen LogP contribution is -2.36. The van der Waals surface area contributed by atoms with Gasteiger partial charge in [0, 0.05) is 19.7 Å². The highest BCUT2D eigenvalue weighted by atomic mass is 16.5. The van der Waals surface area contributed by atoms with Crippen molar-refractivity contribution in [3.05, 3.63) is 0 Å². The maximum Gasteiger partial charge on any atom is 0.0897 e. The predicted octanol–water partition coefficient (Wildman–Crippen LogP) is 3.89. The van der Waals surface area contributed by atoms with Gasteiger partial charge < -0.3 is 15.2 Å². The molecule has 3 heteroatoms. The molecule has 0 spiro atoms. The molecule has 1 aliphatic carbocycles. The van der Waals surface area contributed by atoms with E-state index in [0.717, 1.165) is 19.6 Å². The summed E-state index contributed by atoms with van der Waals surface area (Å²) in [6.07, 6.45) is 12.7. The summed E-state index contributed by atoms with van der Waals surface area (Å²) in [6, 6.07) is 0. The summed E-state index contributed by atoms with van der Waals surface area (Å²) in [5.74, 6) is 0. The molecule has 1 aliphatic rings. The molecule has 0 aliphatic heterocycles. The Morgan fingerprint density at radius 3 is 2.48 bits per heavy atom. The first-order valence-electron chi connectivity index (χ1n) is 9.13. The molecular weight excluding hydrogens is 262 g/mol. The van der Waals surface area contributed by atoms with Gasteiger partial charge in [0.15, 0.2) is 0 Å². The van der Waals surface area contributed by atoms with Crippen LogP contribution in [0.3, 0.4) is 0 Å². The third-order valence-electron chi connectivity index (χ3n) is 4.69. The summed E-state index contributed by atoms with van der Waals surface area (Å²) in [5, 5.41) is 13.3. The molecule has 0 aromatic heterocycles. The van der Waals surface area contributed by atoms with Crippen LogP contribution in [0.1, 0.15) is 78.1 Å². The molecule has 1 fully saturated rings. The number of hydrogen-bond acceptors (Lipinski definition) is 3. The van der Waals surface area contributed by atoms with Gasteiger partial charge in [0.1, 0.15) is 0 Å². The Hall–Kier alpha value is -0.120. The zero-order valence-electron chi connectivity index (χ0n) is 14.3. The molecule has 0 saturated heterocycles. The molecule has 1 unspecified atom stereocenters. The van der Waals surface area contributed by atoms with Crippen molar-refractivity contribution < 1.29 is 9.84 Å². The van der Waals surface area contributed by atoms with Crippen molar-refractivity contribution in [1.82, 2.24) is 5.32 Å². The Balaban J connectivity index is 1.86. The van der Waals surface area contributed by atoms with Gasteiger partial charge in [-0.3, -0.25) is 0 Å². The van der Waals surface area contributed by atoms with Crippen molar-refractivity contribution in [2.75, 3.05) is 26.3 Å². The number of unbranched alkanes of at least 4 members (excludes halogenated alkanes) is 5. The molecule has 126 valence electrons. The first kappa shape index (κ1) is 18.9. The summed E-state index contributed by atoms with van der Waals surface area (Å²) in [4.78, 5) is 0. The van der Waals surface area contributed by atoms with Crippen LogP contribution in [0.4, 0.5) is 0 Å². The van der Waals surface area contributed by atoms with E-state index in [2.05, 4.69) is 19.2 Å². The van der Waals surface area contributed by atoms with E-state index >= 15 is 0 Å². The molecule has 0 heterocycles. The molecule has 1 saturated carbocycles. The smallest absolute Gasteiger partial charge is 0.0897 e. The van der Waals surface area contributed by atoms with Gasteiger partial charge in [0.2, 0.25) is 0 Å². The largest absolute Gasteiger partial charge is 0.389 e. The lowest BCUT2D eigenvalue weighted by Gasteiger charge is -2.24. The molecule has 0 aromatic rings. The molecule has 1 atom stereocenters. The van der Waals surface area contributed by atoms with E-state index < -0.39 is 0 Å². The maximum absolute atomic E-state index is 9.89. The minimum absolute atomic E-state index is 0.366. The van der Waals surface area contributed by atoms with Crippen LogP contribution in [0.5, 0.6) is 0 Å². The Morgan fingerprint density at radius 1 is 1.10 bits per heavy atom. The van der Waals surface area contributed by atoms with E-state index in [-0.39, 0.29) is 6.10 Å². The minimum atomic E-state index is -0.366. The summed E-state index contributed by atoms with van der Waals surface area (Å²) < 4.78 is 5.56. The molecule has 1 rings (SSSR count). The number of nitrogens with one attached hydrogen (secondary N) is 1. The summed E-state index contributed by atoms with van der Waals surface area (Å²) in [6.45, 7) is 7.55. The van der Waals surface area contributed by atoms with Crippen LogP contribution in [-0.2, 0) is 4.74 Å². The fraction of sp³-hybridized carbons (Fsp3) is 1.00.